The van der Waals surface area contributed by atoms with Crippen LogP contribution in [0.4, 0.5) is 0 Å². The van der Waals surface area contributed by atoms with Gasteiger partial charge in [-0.05, 0) is 23.3 Å². The van der Waals surface area contributed by atoms with Crippen LogP contribution in [0.25, 0.3) is 0 Å². The first kappa shape index (κ1) is 18.9. The summed E-state index contributed by atoms with van der Waals surface area (Å²) in [6.45, 7) is 0.165. The molecule has 0 radical (unpaired) electrons. The zero-order chi connectivity index (χ0) is 18.9. The summed E-state index contributed by atoms with van der Waals surface area (Å²) >= 11 is 0. The summed E-state index contributed by atoms with van der Waals surface area (Å²) < 4.78 is 5.43. The van der Waals surface area contributed by atoms with Crippen LogP contribution >= 0.6 is 0 Å². The molecule has 0 fully saturated rings. The van der Waals surface area contributed by atoms with E-state index in [1.165, 1.54) is 0 Å². The highest BCUT2D eigenvalue weighted by Gasteiger charge is 2.24. The van der Waals surface area contributed by atoms with E-state index in [1.807, 2.05) is 0 Å². The Morgan fingerprint density at radius 2 is 1.85 bits per heavy atom. The lowest BCUT2D eigenvalue weighted by molar-refractivity contribution is -0.757. The Kier molecular flexibility index (Phi) is 6.67. The molecule has 0 saturated heterocycles. The molecule has 0 saturated carbocycles. The molecule has 1 unspecified atom stereocenters. The van der Waals surface area contributed by atoms with Gasteiger partial charge in [-0.3, -0.25) is 9.59 Å². The molecular weight excluding hydrogens is 342 g/mol. The zero-order valence-corrected chi connectivity index (χ0v) is 13.7. The van der Waals surface area contributed by atoms with Crippen molar-refractivity contribution in [1.29, 1.82) is 0 Å². The third kappa shape index (κ3) is 5.04. The van der Waals surface area contributed by atoms with Gasteiger partial charge in [-0.15, -0.1) is 10.1 Å². The standard InChI is InChI=1S/C18H17NO7/c20-12-14-4-1-2-5-16(14)17(18(21)22)13-6-8-15(9-7-13)25-10-3-11-26-19(23)24/h1-2,4-9,12,17H,3,10-11H2,(H,21,22). The molecule has 0 aliphatic carbocycles. The van der Waals surface area contributed by atoms with Crippen molar-refractivity contribution in [3.63, 3.8) is 0 Å². The fourth-order valence-corrected chi connectivity index (χ4v) is 2.48. The average Bonchev–Trinajstić information content (AvgIpc) is 2.63. The molecule has 0 aliphatic rings. The van der Waals surface area contributed by atoms with Crippen LogP contribution in [0, 0.1) is 10.1 Å². The Bertz CT molecular complexity index is 773. The second-order valence-corrected chi connectivity index (χ2v) is 5.35. The van der Waals surface area contributed by atoms with E-state index in [4.69, 9.17) is 4.74 Å². The third-order valence-electron chi connectivity index (χ3n) is 3.65. The van der Waals surface area contributed by atoms with Gasteiger partial charge < -0.3 is 14.7 Å². The molecule has 26 heavy (non-hydrogen) atoms. The van der Waals surface area contributed by atoms with Crippen molar-refractivity contribution in [2.75, 3.05) is 13.2 Å². The number of aliphatic carboxylic acids is 1. The number of hydrogen-bond donors (Lipinski definition) is 1. The van der Waals surface area contributed by atoms with E-state index >= 15 is 0 Å². The largest absolute Gasteiger partial charge is 0.494 e. The summed E-state index contributed by atoms with van der Waals surface area (Å²) in [4.78, 5) is 37.1. The maximum absolute atomic E-state index is 11.7. The maximum Gasteiger partial charge on any atom is 0.315 e. The lowest BCUT2D eigenvalue weighted by atomic mass is 9.88. The van der Waals surface area contributed by atoms with E-state index in [0.29, 0.717) is 35.1 Å². The minimum absolute atomic E-state index is 0.0609. The van der Waals surface area contributed by atoms with Gasteiger partial charge in [0, 0.05) is 12.0 Å². The van der Waals surface area contributed by atoms with E-state index in [-0.39, 0.29) is 13.2 Å². The van der Waals surface area contributed by atoms with Gasteiger partial charge in [-0.1, -0.05) is 36.4 Å². The van der Waals surface area contributed by atoms with Crippen LogP contribution in [0.15, 0.2) is 48.5 Å². The number of aldehydes is 1. The zero-order valence-electron chi connectivity index (χ0n) is 13.7. The van der Waals surface area contributed by atoms with Crippen LogP contribution < -0.4 is 4.74 Å². The van der Waals surface area contributed by atoms with Crippen LogP contribution in [0.3, 0.4) is 0 Å². The van der Waals surface area contributed by atoms with Crippen molar-refractivity contribution in [3.8, 4) is 5.75 Å². The molecule has 0 spiro atoms. The van der Waals surface area contributed by atoms with Gasteiger partial charge >= 0.3 is 5.97 Å². The molecule has 0 heterocycles. The molecule has 0 bridgehead atoms. The predicted octanol–water partition coefficient (Wildman–Crippen LogP) is 2.69. The number of ether oxygens (including phenoxy) is 1. The molecular formula is C18H17NO7. The second kappa shape index (κ2) is 9.16. The molecule has 0 aromatic heterocycles. The molecule has 2 aromatic carbocycles. The molecule has 1 atom stereocenters. The summed E-state index contributed by atoms with van der Waals surface area (Å²) in [7, 11) is 0. The SMILES string of the molecule is O=Cc1ccccc1C(C(=O)O)c1ccc(OCCCO[N+](=O)[O-])cc1. The van der Waals surface area contributed by atoms with Gasteiger partial charge in [0.2, 0.25) is 0 Å². The number of benzene rings is 2. The van der Waals surface area contributed by atoms with Crippen LogP contribution in [0.1, 0.15) is 33.8 Å². The van der Waals surface area contributed by atoms with Gasteiger partial charge in [0.15, 0.2) is 0 Å². The fourth-order valence-electron chi connectivity index (χ4n) is 2.48. The van der Waals surface area contributed by atoms with Crippen molar-refractivity contribution >= 4 is 12.3 Å². The number of nitrogens with zero attached hydrogens (tertiary/aromatic N) is 1. The summed E-state index contributed by atoms with van der Waals surface area (Å²) in [6.07, 6.45) is 0.975. The lowest BCUT2D eigenvalue weighted by Gasteiger charge is -2.16. The highest BCUT2D eigenvalue weighted by molar-refractivity contribution is 5.86. The van der Waals surface area contributed by atoms with Gasteiger partial charge in [-0.25, -0.2) is 0 Å². The van der Waals surface area contributed by atoms with E-state index in [9.17, 15) is 24.8 Å². The first-order valence-electron chi connectivity index (χ1n) is 7.80. The van der Waals surface area contributed by atoms with Crippen LogP contribution in [-0.4, -0.2) is 35.7 Å². The maximum atomic E-state index is 11.7. The molecule has 0 amide bonds. The molecule has 136 valence electrons. The lowest BCUT2D eigenvalue weighted by Crippen LogP contribution is -2.15. The predicted molar refractivity (Wildman–Crippen MR) is 90.8 cm³/mol. The highest BCUT2D eigenvalue weighted by atomic mass is 16.9. The average molecular weight is 359 g/mol. The van der Waals surface area contributed by atoms with Crippen LogP contribution in [0.2, 0.25) is 0 Å². The number of carbonyl (C=O) groups excluding carboxylic acids is 1. The number of carboxylic acids is 1. The first-order chi connectivity index (χ1) is 12.5. The van der Waals surface area contributed by atoms with Gasteiger partial charge in [0.25, 0.3) is 5.09 Å². The van der Waals surface area contributed by atoms with Crippen molar-refractivity contribution < 1.29 is 29.4 Å². The summed E-state index contributed by atoms with van der Waals surface area (Å²) in [5, 5.41) is 18.8. The second-order valence-electron chi connectivity index (χ2n) is 5.35. The molecule has 8 nitrogen and oxygen atoms in total. The summed E-state index contributed by atoms with van der Waals surface area (Å²) in [6, 6.07) is 13.0. The highest BCUT2D eigenvalue weighted by Crippen LogP contribution is 2.28. The number of carboxylic acid groups (broad SMARTS) is 1. The van der Waals surface area contributed by atoms with E-state index < -0.39 is 17.0 Å². The van der Waals surface area contributed by atoms with Crippen molar-refractivity contribution in [2.45, 2.75) is 12.3 Å². The normalized spacial score (nSPS) is 11.4. The summed E-state index contributed by atoms with van der Waals surface area (Å²) in [5.41, 5.74) is 1.25. The summed E-state index contributed by atoms with van der Waals surface area (Å²) in [5.74, 6) is -1.54. The van der Waals surface area contributed by atoms with Crippen molar-refractivity contribution in [3.05, 3.63) is 75.3 Å². The third-order valence-corrected chi connectivity index (χ3v) is 3.65. The Morgan fingerprint density at radius 1 is 1.15 bits per heavy atom. The van der Waals surface area contributed by atoms with Crippen LogP contribution in [0.5, 0.6) is 5.75 Å². The first-order valence-corrected chi connectivity index (χ1v) is 7.80. The Hall–Kier alpha value is -3.42. The fraction of sp³-hybridized carbons (Fsp3) is 0.222. The Morgan fingerprint density at radius 3 is 2.46 bits per heavy atom. The number of carbonyl (C=O) groups is 2. The number of rotatable bonds is 10. The molecule has 1 N–H and O–H groups in total. The molecule has 2 aromatic rings. The molecule has 0 aliphatic heterocycles. The van der Waals surface area contributed by atoms with Gasteiger partial charge in [-0.2, -0.15) is 0 Å². The Labute approximate surface area is 149 Å². The smallest absolute Gasteiger partial charge is 0.315 e. The monoisotopic (exact) mass is 359 g/mol. The minimum Gasteiger partial charge on any atom is -0.494 e. The quantitative estimate of drug-likeness (QED) is 0.300. The van der Waals surface area contributed by atoms with Crippen molar-refractivity contribution in [2.24, 2.45) is 0 Å². The van der Waals surface area contributed by atoms with Gasteiger partial charge in [0.05, 0.1) is 13.2 Å². The van der Waals surface area contributed by atoms with Crippen molar-refractivity contribution in [1.82, 2.24) is 0 Å². The van der Waals surface area contributed by atoms with E-state index in [1.54, 1.807) is 48.5 Å². The number of hydrogen-bond acceptors (Lipinski definition) is 6. The molecule has 2 rings (SSSR count). The topological polar surface area (TPSA) is 116 Å². The minimum atomic E-state index is -1.06. The van der Waals surface area contributed by atoms with E-state index in [0.717, 1.165) is 0 Å². The molecule has 8 heteroatoms. The van der Waals surface area contributed by atoms with Crippen LogP contribution in [-0.2, 0) is 9.63 Å². The van der Waals surface area contributed by atoms with E-state index in [2.05, 4.69) is 4.84 Å². The van der Waals surface area contributed by atoms with Gasteiger partial charge in [0.1, 0.15) is 18.0 Å². The Balaban J connectivity index is 2.08.